The third-order valence-electron chi connectivity index (χ3n) is 2.95. The lowest BCUT2D eigenvalue weighted by Crippen LogP contribution is -2.17. The Hall–Kier alpha value is -2.31. The summed E-state index contributed by atoms with van der Waals surface area (Å²) in [5.74, 6) is -0.603. The number of halogens is 4. The Morgan fingerprint density at radius 3 is 2.28 bits per heavy atom. The minimum atomic E-state index is -4.94. The summed E-state index contributed by atoms with van der Waals surface area (Å²) in [6.45, 7) is 0. The molecule has 0 aliphatic heterocycles. The fraction of sp³-hybridized carbons (Fsp3) is 0.0625. The molecule has 25 heavy (non-hydrogen) atoms. The first-order valence-electron chi connectivity index (χ1n) is 6.61. The van der Waals surface area contributed by atoms with E-state index in [0.29, 0.717) is 4.47 Å². The highest BCUT2D eigenvalue weighted by molar-refractivity contribution is 9.10. The van der Waals surface area contributed by atoms with E-state index in [-0.39, 0.29) is 10.5 Å². The van der Waals surface area contributed by atoms with Crippen LogP contribution in [0.25, 0.3) is 6.08 Å². The van der Waals surface area contributed by atoms with Crippen LogP contribution in [0.1, 0.15) is 5.56 Å². The second-order valence-electron chi connectivity index (χ2n) is 4.66. The second-order valence-corrected chi connectivity index (χ2v) is 7.50. The molecule has 2 aromatic rings. The third-order valence-corrected chi connectivity index (χ3v) is 5.16. The highest BCUT2D eigenvalue weighted by atomic mass is 79.9. The summed E-state index contributed by atoms with van der Waals surface area (Å²) in [5.41, 5.74) is -0.183. The average molecular weight is 432 g/mol. The van der Waals surface area contributed by atoms with Crippen LogP contribution in [0.2, 0.25) is 0 Å². The summed E-state index contributed by atoms with van der Waals surface area (Å²) in [6.07, 6.45) is -4.10. The lowest BCUT2D eigenvalue weighted by Gasteiger charge is -2.11. The molecule has 0 N–H and O–H groups in total. The molecule has 0 heterocycles. The normalized spacial score (nSPS) is 12.5. The van der Waals surface area contributed by atoms with E-state index >= 15 is 0 Å². The molecule has 9 heteroatoms. The highest BCUT2D eigenvalue weighted by Crippen LogP contribution is 2.30. The van der Waals surface area contributed by atoms with Gasteiger partial charge >= 0.3 is 6.36 Å². The number of nitriles is 1. The van der Waals surface area contributed by atoms with Crippen molar-refractivity contribution < 1.29 is 26.3 Å². The molecule has 130 valence electrons. The molecule has 0 unspecified atom stereocenters. The van der Waals surface area contributed by atoms with Crippen LogP contribution in [0.15, 0.2) is 62.8 Å². The molecule has 4 nitrogen and oxygen atoms in total. The van der Waals surface area contributed by atoms with Crippen LogP contribution in [0.5, 0.6) is 5.75 Å². The number of rotatable bonds is 4. The SMILES string of the molecule is N#C/C(=C\c1ccccc1OC(F)(F)F)S(=O)(=O)c1ccc(Br)cc1. The maximum atomic E-state index is 12.5. The fourth-order valence-corrected chi connectivity index (χ4v) is 3.28. The number of hydrogen-bond acceptors (Lipinski definition) is 4. The van der Waals surface area contributed by atoms with Crippen molar-refractivity contribution >= 4 is 31.8 Å². The molecule has 0 bridgehead atoms. The van der Waals surface area contributed by atoms with Crippen molar-refractivity contribution in [2.24, 2.45) is 0 Å². The molecule has 0 fully saturated rings. The van der Waals surface area contributed by atoms with Crippen LogP contribution in [-0.4, -0.2) is 14.8 Å². The van der Waals surface area contributed by atoms with Crippen LogP contribution < -0.4 is 4.74 Å². The zero-order chi connectivity index (χ0) is 18.7. The zero-order valence-electron chi connectivity index (χ0n) is 12.3. The van der Waals surface area contributed by atoms with Gasteiger partial charge < -0.3 is 4.74 Å². The van der Waals surface area contributed by atoms with Crippen LogP contribution >= 0.6 is 15.9 Å². The number of ether oxygens (including phenoxy) is 1. The number of benzene rings is 2. The number of alkyl halides is 3. The number of para-hydroxylation sites is 1. The second kappa shape index (κ2) is 7.29. The van der Waals surface area contributed by atoms with E-state index in [2.05, 4.69) is 20.7 Å². The van der Waals surface area contributed by atoms with Crippen molar-refractivity contribution in [3.05, 3.63) is 63.5 Å². The topological polar surface area (TPSA) is 67.2 Å². The lowest BCUT2D eigenvalue weighted by atomic mass is 10.2. The first-order chi connectivity index (χ1) is 11.6. The highest BCUT2D eigenvalue weighted by Gasteiger charge is 2.32. The van der Waals surface area contributed by atoms with Gasteiger partial charge in [-0.1, -0.05) is 34.1 Å². The van der Waals surface area contributed by atoms with Gasteiger partial charge in [0.05, 0.1) is 4.90 Å². The largest absolute Gasteiger partial charge is 0.573 e. The molecule has 0 aromatic heterocycles. The quantitative estimate of drug-likeness (QED) is 0.658. The average Bonchev–Trinajstić information content (AvgIpc) is 2.52. The lowest BCUT2D eigenvalue weighted by molar-refractivity contribution is -0.274. The van der Waals surface area contributed by atoms with Crippen molar-refractivity contribution in [2.75, 3.05) is 0 Å². The van der Waals surface area contributed by atoms with E-state index in [1.54, 1.807) is 0 Å². The van der Waals surface area contributed by atoms with Crippen molar-refractivity contribution in [1.29, 1.82) is 5.26 Å². The summed E-state index contributed by atoms with van der Waals surface area (Å²) in [5, 5.41) is 9.19. The number of nitrogens with zero attached hydrogens (tertiary/aromatic N) is 1. The minimum absolute atomic E-state index is 0.155. The summed E-state index contributed by atoms with van der Waals surface area (Å²) in [7, 11) is -4.18. The Morgan fingerprint density at radius 1 is 1.12 bits per heavy atom. The first-order valence-corrected chi connectivity index (χ1v) is 8.88. The van der Waals surface area contributed by atoms with E-state index < -0.39 is 26.9 Å². The maximum Gasteiger partial charge on any atom is 0.573 e. The van der Waals surface area contributed by atoms with Gasteiger partial charge in [0, 0.05) is 10.0 Å². The van der Waals surface area contributed by atoms with E-state index in [1.165, 1.54) is 48.5 Å². The summed E-state index contributed by atoms with van der Waals surface area (Å²) >= 11 is 3.16. The van der Waals surface area contributed by atoms with Crippen molar-refractivity contribution in [3.8, 4) is 11.8 Å². The molecule has 2 aromatic carbocycles. The van der Waals surface area contributed by atoms with E-state index in [1.807, 2.05) is 0 Å². The van der Waals surface area contributed by atoms with Gasteiger partial charge in [-0.3, -0.25) is 0 Å². The molecule has 0 spiro atoms. The van der Waals surface area contributed by atoms with Crippen molar-refractivity contribution in [3.63, 3.8) is 0 Å². The molecule has 2 rings (SSSR count). The van der Waals surface area contributed by atoms with Gasteiger partial charge in [0.15, 0.2) is 0 Å². The molecule has 0 atom stereocenters. The standard InChI is InChI=1S/C16H9BrF3NO3S/c17-12-5-7-13(8-6-12)25(22,23)14(10-21)9-11-3-1-2-4-15(11)24-16(18,19)20/h1-9H/b14-9+. The molecule has 0 aliphatic carbocycles. The van der Waals surface area contributed by atoms with Gasteiger partial charge in [-0.05, 0) is 36.4 Å². The van der Waals surface area contributed by atoms with Crippen LogP contribution in [-0.2, 0) is 9.84 Å². The monoisotopic (exact) mass is 431 g/mol. The number of sulfone groups is 1. The smallest absolute Gasteiger partial charge is 0.405 e. The van der Waals surface area contributed by atoms with Crippen LogP contribution in [0, 0.1) is 11.3 Å². The predicted molar refractivity (Wildman–Crippen MR) is 88.0 cm³/mol. The van der Waals surface area contributed by atoms with Gasteiger partial charge in [0.25, 0.3) is 0 Å². The molecule has 0 saturated carbocycles. The fourth-order valence-electron chi connectivity index (χ4n) is 1.87. The van der Waals surface area contributed by atoms with Crippen LogP contribution in [0.3, 0.4) is 0 Å². The number of allylic oxidation sites excluding steroid dienone is 1. The maximum absolute atomic E-state index is 12.5. The van der Waals surface area contributed by atoms with Gasteiger partial charge in [0.2, 0.25) is 9.84 Å². The van der Waals surface area contributed by atoms with Gasteiger partial charge in [0.1, 0.15) is 16.7 Å². The molecular formula is C16H9BrF3NO3S. The molecule has 0 amide bonds. The van der Waals surface area contributed by atoms with Gasteiger partial charge in [-0.15, -0.1) is 13.2 Å². The Labute approximate surface area is 150 Å². The molecule has 0 aliphatic rings. The summed E-state index contributed by atoms with van der Waals surface area (Å²) < 4.78 is 66.8. The van der Waals surface area contributed by atoms with Crippen molar-refractivity contribution in [1.82, 2.24) is 0 Å². The summed E-state index contributed by atoms with van der Waals surface area (Å²) in [4.78, 5) is -0.856. The van der Waals surface area contributed by atoms with Gasteiger partial charge in [-0.25, -0.2) is 8.42 Å². The third kappa shape index (κ3) is 4.84. The van der Waals surface area contributed by atoms with Crippen LogP contribution in [0.4, 0.5) is 13.2 Å². The molecular weight excluding hydrogens is 423 g/mol. The Bertz CT molecular complexity index is 946. The predicted octanol–water partition coefficient (Wildman–Crippen LogP) is 4.69. The Balaban J connectivity index is 2.52. The zero-order valence-corrected chi connectivity index (χ0v) is 14.7. The molecule has 0 saturated heterocycles. The first kappa shape index (κ1) is 19.0. The van der Waals surface area contributed by atoms with Gasteiger partial charge in [-0.2, -0.15) is 5.26 Å². The minimum Gasteiger partial charge on any atom is -0.405 e. The van der Waals surface area contributed by atoms with E-state index in [4.69, 9.17) is 0 Å². The Morgan fingerprint density at radius 2 is 1.72 bits per heavy atom. The molecule has 0 radical (unpaired) electrons. The van der Waals surface area contributed by atoms with Crippen molar-refractivity contribution in [2.45, 2.75) is 11.3 Å². The van der Waals surface area contributed by atoms with E-state index in [9.17, 15) is 26.9 Å². The van der Waals surface area contributed by atoms with E-state index in [0.717, 1.165) is 12.1 Å². The Kier molecular flexibility index (Phi) is 5.55. The summed E-state index contributed by atoms with van der Waals surface area (Å²) in [6, 6.07) is 12.0. The number of hydrogen-bond donors (Lipinski definition) is 0.